The molecule has 0 aliphatic carbocycles. The van der Waals surface area contributed by atoms with Gasteiger partial charge in [-0.1, -0.05) is 13.8 Å². The molecule has 2 rings (SSSR count). The molecule has 0 spiro atoms. The number of nitrogen functional groups attached to an aromatic ring is 1. The molecule has 2 aromatic rings. The van der Waals surface area contributed by atoms with Crippen LogP contribution in [0.3, 0.4) is 0 Å². The zero-order valence-corrected chi connectivity index (χ0v) is 9.38. The Morgan fingerprint density at radius 3 is 2.62 bits per heavy atom. The molecule has 4 heteroatoms. The van der Waals surface area contributed by atoms with Crippen molar-refractivity contribution in [1.29, 1.82) is 0 Å². The molecule has 0 fully saturated rings. The molecule has 0 aliphatic rings. The number of hydrogen-bond acceptors (Lipinski definition) is 4. The van der Waals surface area contributed by atoms with Crippen molar-refractivity contribution in [2.45, 2.75) is 19.8 Å². The lowest BCUT2D eigenvalue weighted by molar-refractivity contribution is 0.823. The smallest absolute Gasteiger partial charge is 0.163 e. The first-order chi connectivity index (χ1) is 7.68. The Morgan fingerprint density at radius 1 is 1.12 bits per heavy atom. The van der Waals surface area contributed by atoms with Gasteiger partial charge in [-0.2, -0.15) is 0 Å². The maximum absolute atomic E-state index is 5.65. The number of nitrogens with zero attached hydrogens (tertiary/aromatic N) is 3. The molecular weight excluding hydrogens is 200 g/mol. The van der Waals surface area contributed by atoms with Gasteiger partial charge in [0.2, 0.25) is 0 Å². The van der Waals surface area contributed by atoms with Gasteiger partial charge in [-0.05, 0) is 24.1 Å². The lowest BCUT2D eigenvalue weighted by atomic mass is 10.0. The number of anilines is 1. The molecule has 0 saturated carbocycles. The summed E-state index contributed by atoms with van der Waals surface area (Å²) >= 11 is 0. The quantitative estimate of drug-likeness (QED) is 0.832. The molecule has 2 heterocycles. The highest BCUT2D eigenvalue weighted by Gasteiger charge is 2.11. The van der Waals surface area contributed by atoms with E-state index in [4.69, 9.17) is 5.73 Å². The van der Waals surface area contributed by atoms with Gasteiger partial charge in [0, 0.05) is 18.0 Å². The summed E-state index contributed by atoms with van der Waals surface area (Å²) in [5.41, 5.74) is 7.59. The maximum Gasteiger partial charge on any atom is 0.163 e. The maximum atomic E-state index is 5.65. The van der Waals surface area contributed by atoms with Crippen molar-refractivity contribution >= 4 is 5.82 Å². The van der Waals surface area contributed by atoms with Crippen LogP contribution in [0.5, 0.6) is 0 Å². The number of rotatable bonds is 2. The number of pyridine rings is 1. The highest BCUT2D eigenvalue weighted by atomic mass is 14.9. The molecule has 0 amide bonds. The fraction of sp³-hybridized carbons (Fsp3) is 0.250. The fourth-order valence-electron chi connectivity index (χ4n) is 1.57. The van der Waals surface area contributed by atoms with E-state index < -0.39 is 0 Å². The number of hydrogen-bond donors (Lipinski definition) is 1. The molecule has 0 radical (unpaired) electrons. The van der Waals surface area contributed by atoms with Crippen LogP contribution in [0.25, 0.3) is 11.4 Å². The normalized spacial score (nSPS) is 10.7. The van der Waals surface area contributed by atoms with E-state index in [1.807, 2.05) is 12.1 Å². The Morgan fingerprint density at radius 2 is 1.94 bits per heavy atom. The molecule has 82 valence electrons. The van der Waals surface area contributed by atoms with E-state index in [1.165, 1.54) is 0 Å². The minimum atomic E-state index is 0.334. The highest BCUT2D eigenvalue weighted by molar-refractivity contribution is 5.59. The van der Waals surface area contributed by atoms with Crippen LogP contribution >= 0.6 is 0 Å². The van der Waals surface area contributed by atoms with E-state index in [2.05, 4.69) is 28.8 Å². The van der Waals surface area contributed by atoms with Crippen LogP contribution in [0.2, 0.25) is 0 Å². The Bertz CT molecular complexity index is 494. The van der Waals surface area contributed by atoms with E-state index in [-0.39, 0.29) is 0 Å². The van der Waals surface area contributed by atoms with Crippen molar-refractivity contribution in [3.8, 4) is 11.4 Å². The zero-order chi connectivity index (χ0) is 11.5. The third kappa shape index (κ3) is 2.00. The van der Waals surface area contributed by atoms with Gasteiger partial charge in [0.1, 0.15) is 5.82 Å². The minimum Gasteiger partial charge on any atom is -0.384 e. The van der Waals surface area contributed by atoms with Gasteiger partial charge in [-0.25, -0.2) is 9.97 Å². The standard InChI is InChI=1S/C12H14N4/c1-8(2)11-9(4-3-6-14-11)12-15-7-5-10(13)16-12/h3-8H,1-2H3,(H2,13,15,16). The Kier molecular flexibility index (Phi) is 2.81. The molecule has 4 nitrogen and oxygen atoms in total. The molecule has 0 unspecified atom stereocenters. The van der Waals surface area contributed by atoms with E-state index in [9.17, 15) is 0 Å². The average Bonchev–Trinajstić information content (AvgIpc) is 2.29. The lowest BCUT2D eigenvalue weighted by Gasteiger charge is -2.09. The molecule has 0 saturated heterocycles. The van der Waals surface area contributed by atoms with Gasteiger partial charge in [-0.3, -0.25) is 4.98 Å². The van der Waals surface area contributed by atoms with Crippen molar-refractivity contribution < 1.29 is 0 Å². The molecule has 2 N–H and O–H groups in total. The topological polar surface area (TPSA) is 64.7 Å². The van der Waals surface area contributed by atoms with Gasteiger partial charge < -0.3 is 5.73 Å². The lowest BCUT2D eigenvalue weighted by Crippen LogP contribution is -2.00. The van der Waals surface area contributed by atoms with Crippen LogP contribution in [0.4, 0.5) is 5.82 Å². The van der Waals surface area contributed by atoms with Crippen molar-refractivity contribution in [3.63, 3.8) is 0 Å². The second-order valence-electron chi connectivity index (χ2n) is 3.90. The second kappa shape index (κ2) is 4.26. The molecule has 0 bridgehead atoms. The molecule has 16 heavy (non-hydrogen) atoms. The van der Waals surface area contributed by atoms with Crippen LogP contribution in [0.15, 0.2) is 30.6 Å². The van der Waals surface area contributed by atoms with Gasteiger partial charge >= 0.3 is 0 Å². The number of aromatic nitrogens is 3. The first-order valence-electron chi connectivity index (χ1n) is 5.22. The van der Waals surface area contributed by atoms with E-state index >= 15 is 0 Å². The highest BCUT2D eigenvalue weighted by Crippen LogP contribution is 2.24. The first-order valence-corrected chi connectivity index (χ1v) is 5.22. The van der Waals surface area contributed by atoms with Crippen LogP contribution in [-0.2, 0) is 0 Å². The van der Waals surface area contributed by atoms with Crippen LogP contribution in [-0.4, -0.2) is 15.0 Å². The molecule has 0 atom stereocenters. The summed E-state index contributed by atoms with van der Waals surface area (Å²) in [4.78, 5) is 12.8. The second-order valence-corrected chi connectivity index (χ2v) is 3.90. The van der Waals surface area contributed by atoms with Gasteiger partial charge in [-0.15, -0.1) is 0 Å². The molecular formula is C12H14N4. The van der Waals surface area contributed by atoms with E-state index in [1.54, 1.807) is 18.5 Å². The Labute approximate surface area is 94.6 Å². The molecule has 2 aromatic heterocycles. The average molecular weight is 214 g/mol. The summed E-state index contributed by atoms with van der Waals surface area (Å²) in [5, 5.41) is 0. The SMILES string of the molecule is CC(C)c1ncccc1-c1nccc(N)n1. The van der Waals surface area contributed by atoms with E-state index in [0.29, 0.717) is 17.6 Å². The minimum absolute atomic E-state index is 0.334. The molecule has 0 aromatic carbocycles. The largest absolute Gasteiger partial charge is 0.384 e. The third-order valence-electron chi connectivity index (χ3n) is 2.30. The summed E-state index contributed by atoms with van der Waals surface area (Å²) in [6, 6.07) is 5.53. The summed E-state index contributed by atoms with van der Waals surface area (Å²) < 4.78 is 0. The summed E-state index contributed by atoms with van der Waals surface area (Å²) in [6.45, 7) is 4.19. The monoisotopic (exact) mass is 214 g/mol. The van der Waals surface area contributed by atoms with Crippen molar-refractivity contribution in [2.24, 2.45) is 0 Å². The summed E-state index contributed by atoms with van der Waals surface area (Å²) in [7, 11) is 0. The summed E-state index contributed by atoms with van der Waals surface area (Å²) in [5.74, 6) is 1.45. The van der Waals surface area contributed by atoms with Crippen LogP contribution in [0, 0.1) is 0 Å². The van der Waals surface area contributed by atoms with Gasteiger partial charge in [0.15, 0.2) is 5.82 Å². The Hall–Kier alpha value is -1.97. The summed E-state index contributed by atoms with van der Waals surface area (Å²) in [6.07, 6.45) is 3.44. The zero-order valence-electron chi connectivity index (χ0n) is 9.38. The van der Waals surface area contributed by atoms with Gasteiger partial charge in [0.05, 0.1) is 5.69 Å². The van der Waals surface area contributed by atoms with Crippen molar-refractivity contribution in [1.82, 2.24) is 15.0 Å². The van der Waals surface area contributed by atoms with Crippen LogP contribution < -0.4 is 5.73 Å². The van der Waals surface area contributed by atoms with Crippen LogP contribution in [0.1, 0.15) is 25.5 Å². The van der Waals surface area contributed by atoms with Crippen molar-refractivity contribution in [3.05, 3.63) is 36.3 Å². The first kappa shape index (κ1) is 10.5. The Balaban J connectivity index is 2.55. The molecule has 0 aliphatic heterocycles. The predicted molar refractivity (Wildman–Crippen MR) is 63.8 cm³/mol. The van der Waals surface area contributed by atoms with Gasteiger partial charge in [0.25, 0.3) is 0 Å². The third-order valence-corrected chi connectivity index (χ3v) is 2.30. The van der Waals surface area contributed by atoms with Crippen molar-refractivity contribution in [2.75, 3.05) is 5.73 Å². The fourth-order valence-corrected chi connectivity index (χ4v) is 1.57. The number of nitrogens with two attached hydrogens (primary N) is 1. The van der Waals surface area contributed by atoms with E-state index in [0.717, 1.165) is 11.3 Å². The predicted octanol–water partition coefficient (Wildman–Crippen LogP) is 2.24.